The molecule has 1 aromatic heterocycles. The van der Waals surface area contributed by atoms with Crippen molar-refractivity contribution in [3.8, 4) is 0 Å². The van der Waals surface area contributed by atoms with Gasteiger partial charge >= 0.3 is 5.97 Å². The molecule has 0 bridgehead atoms. The van der Waals surface area contributed by atoms with Gasteiger partial charge in [-0.15, -0.1) is 0 Å². The first-order valence-corrected chi connectivity index (χ1v) is 6.74. The second-order valence-electron chi connectivity index (χ2n) is 4.15. The van der Waals surface area contributed by atoms with Crippen molar-refractivity contribution in [2.45, 2.75) is 18.9 Å². The zero-order chi connectivity index (χ0) is 13.0. The van der Waals surface area contributed by atoms with Crippen LogP contribution >= 0.6 is 11.3 Å². The second-order valence-corrected chi connectivity index (χ2v) is 4.93. The minimum atomic E-state index is -0.939. The van der Waals surface area contributed by atoms with E-state index in [4.69, 9.17) is 9.84 Å². The molecule has 0 spiro atoms. The van der Waals surface area contributed by atoms with E-state index in [-0.39, 0.29) is 24.9 Å². The van der Waals surface area contributed by atoms with E-state index in [0.717, 1.165) is 5.56 Å². The molecule has 1 amide bonds. The van der Waals surface area contributed by atoms with Crippen LogP contribution < -0.4 is 0 Å². The largest absolute Gasteiger partial charge is 0.481 e. The van der Waals surface area contributed by atoms with E-state index in [0.29, 0.717) is 19.7 Å². The lowest BCUT2D eigenvalue weighted by atomic mass is 10.1. The highest BCUT2D eigenvalue weighted by Gasteiger charge is 2.25. The number of carbonyl (C=O) groups is 2. The van der Waals surface area contributed by atoms with Crippen LogP contribution in [-0.2, 0) is 14.3 Å². The fourth-order valence-corrected chi connectivity index (χ4v) is 2.61. The van der Waals surface area contributed by atoms with E-state index in [1.807, 2.05) is 16.8 Å². The summed E-state index contributed by atoms with van der Waals surface area (Å²) in [6, 6.07) is 1.99. The Morgan fingerprint density at radius 1 is 1.50 bits per heavy atom. The quantitative estimate of drug-likeness (QED) is 0.899. The van der Waals surface area contributed by atoms with Crippen molar-refractivity contribution in [3.05, 3.63) is 22.4 Å². The summed E-state index contributed by atoms with van der Waals surface area (Å²) in [6.45, 7) is 1.55. The van der Waals surface area contributed by atoms with Crippen molar-refractivity contribution in [2.75, 3.05) is 19.7 Å². The van der Waals surface area contributed by atoms with Gasteiger partial charge in [-0.3, -0.25) is 9.59 Å². The van der Waals surface area contributed by atoms with Gasteiger partial charge in [0.15, 0.2) is 0 Å². The van der Waals surface area contributed by atoms with Crippen LogP contribution in [0.5, 0.6) is 0 Å². The molecule has 0 radical (unpaired) electrons. The summed E-state index contributed by atoms with van der Waals surface area (Å²) in [5.41, 5.74) is 1.08. The fraction of sp³-hybridized carbons (Fsp3) is 0.500. The van der Waals surface area contributed by atoms with Gasteiger partial charge in [0.2, 0.25) is 5.91 Å². The Kier molecular flexibility index (Phi) is 4.33. The first-order chi connectivity index (χ1) is 8.66. The Bertz CT molecular complexity index is 418. The minimum Gasteiger partial charge on any atom is -0.481 e. The van der Waals surface area contributed by atoms with Gasteiger partial charge in [-0.25, -0.2) is 0 Å². The van der Waals surface area contributed by atoms with E-state index in [9.17, 15) is 9.59 Å². The number of hydrogen-bond acceptors (Lipinski definition) is 4. The fourth-order valence-electron chi connectivity index (χ4n) is 1.91. The predicted octanol–water partition coefficient (Wildman–Crippen LogP) is 1.51. The molecule has 1 unspecified atom stereocenters. The van der Waals surface area contributed by atoms with Crippen LogP contribution in [0.15, 0.2) is 16.8 Å². The van der Waals surface area contributed by atoms with Crippen molar-refractivity contribution in [3.63, 3.8) is 0 Å². The number of carboxylic acids is 1. The Morgan fingerprint density at radius 2 is 2.33 bits per heavy atom. The van der Waals surface area contributed by atoms with E-state index >= 15 is 0 Å². The van der Waals surface area contributed by atoms with Gasteiger partial charge < -0.3 is 14.7 Å². The van der Waals surface area contributed by atoms with E-state index < -0.39 is 5.97 Å². The molecule has 1 N–H and O–H groups in total. The summed E-state index contributed by atoms with van der Waals surface area (Å²) in [5.74, 6) is -1.05. The number of rotatable bonds is 4. The Morgan fingerprint density at radius 3 is 3.00 bits per heavy atom. The third-order valence-electron chi connectivity index (χ3n) is 2.89. The number of morpholine rings is 1. The Hall–Kier alpha value is -1.40. The standard InChI is InChI=1S/C12H15NO4S/c14-11(1-2-12(15)16)13-4-5-17-10(7-13)9-3-6-18-8-9/h3,6,8,10H,1-2,4-5,7H2,(H,15,16). The first-order valence-electron chi connectivity index (χ1n) is 5.80. The van der Waals surface area contributed by atoms with Crippen molar-refractivity contribution < 1.29 is 19.4 Å². The maximum atomic E-state index is 11.8. The summed E-state index contributed by atoms with van der Waals surface area (Å²) in [6.07, 6.45) is -0.135. The molecule has 98 valence electrons. The molecule has 0 aliphatic carbocycles. The summed E-state index contributed by atoms with van der Waals surface area (Å²) in [4.78, 5) is 24.0. The minimum absolute atomic E-state index is 0.0612. The number of carboxylic acid groups (broad SMARTS) is 1. The number of thiophene rings is 1. The van der Waals surface area contributed by atoms with Crippen LogP contribution in [-0.4, -0.2) is 41.6 Å². The average molecular weight is 269 g/mol. The van der Waals surface area contributed by atoms with Crippen LogP contribution in [0.25, 0.3) is 0 Å². The van der Waals surface area contributed by atoms with Crippen LogP contribution in [0.3, 0.4) is 0 Å². The van der Waals surface area contributed by atoms with Crippen molar-refractivity contribution >= 4 is 23.2 Å². The molecule has 1 atom stereocenters. The maximum Gasteiger partial charge on any atom is 0.303 e. The van der Waals surface area contributed by atoms with Crippen molar-refractivity contribution in [1.82, 2.24) is 4.90 Å². The lowest BCUT2D eigenvalue weighted by Crippen LogP contribution is -2.42. The third kappa shape index (κ3) is 3.30. The first kappa shape index (κ1) is 13.0. The van der Waals surface area contributed by atoms with Crippen LogP contribution in [0, 0.1) is 0 Å². The highest BCUT2D eigenvalue weighted by molar-refractivity contribution is 7.07. The molecular formula is C12H15NO4S. The van der Waals surface area contributed by atoms with Crippen LogP contribution in [0.2, 0.25) is 0 Å². The summed E-state index contributed by atoms with van der Waals surface area (Å²) in [5, 5.41) is 12.6. The molecule has 18 heavy (non-hydrogen) atoms. The SMILES string of the molecule is O=C(O)CCC(=O)N1CCOC(c2ccsc2)C1. The molecule has 5 nitrogen and oxygen atoms in total. The van der Waals surface area contributed by atoms with E-state index in [2.05, 4.69) is 0 Å². The molecule has 1 saturated heterocycles. The summed E-state index contributed by atoms with van der Waals surface area (Å²) < 4.78 is 5.62. The maximum absolute atomic E-state index is 11.8. The highest BCUT2D eigenvalue weighted by atomic mass is 32.1. The predicted molar refractivity (Wildman–Crippen MR) is 66.5 cm³/mol. The van der Waals surface area contributed by atoms with Crippen LogP contribution in [0.4, 0.5) is 0 Å². The normalized spacial score (nSPS) is 19.8. The zero-order valence-corrected chi connectivity index (χ0v) is 10.7. The van der Waals surface area contributed by atoms with E-state index in [1.165, 1.54) is 0 Å². The van der Waals surface area contributed by atoms with Crippen LogP contribution in [0.1, 0.15) is 24.5 Å². The molecule has 2 rings (SSSR count). The van der Waals surface area contributed by atoms with Gasteiger partial charge in [0.1, 0.15) is 6.10 Å². The number of nitrogens with zero attached hydrogens (tertiary/aromatic N) is 1. The van der Waals surface area contributed by atoms with Crippen molar-refractivity contribution in [2.24, 2.45) is 0 Å². The Balaban J connectivity index is 1.90. The number of carbonyl (C=O) groups excluding carboxylic acids is 1. The average Bonchev–Trinajstić information content (AvgIpc) is 2.90. The number of ether oxygens (including phenoxy) is 1. The van der Waals surface area contributed by atoms with Gasteiger partial charge in [0.05, 0.1) is 19.6 Å². The molecule has 0 aromatic carbocycles. The zero-order valence-electron chi connectivity index (χ0n) is 9.87. The van der Waals surface area contributed by atoms with Gasteiger partial charge in [-0.05, 0) is 22.4 Å². The van der Waals surface area contributed by atoms with E-state index in [1.54, 1.807) is 16.2 Å². The second kappa shape index (κ2) is 5.97. The molecule has 2 heterocycles. The monoisotopic (exact) mass is 269 g/mol. The molecule has 6 heteroatoms. The topological polar surface area (TPSA) is 66.8 Å². The highest BCUT2D eigenvalue weighted by Crippen LogP contribution is 2.24. The van der Waals surface area contributed by atoms with Crippen molar-refractivity contribution in [1.29, 1.82) is 0 Å². The lowest BCUT2D eigenvalue weighted by molar-refractivity contribution is -0.144. The summed E-state index contributed by atoms with van der Waals surface area (Å²) >= 11 is 1.60. The van der Waals surface area contributed by atoms with Gasteiger partial charge in [-0.2, -0.15) is 11.3 Å². The molecule has 1 aromatic rings. The van der Waals surface area contributed by atoms with Gasteiger partial charge in [-0.1, -0.05) is 0 Å². The third-order valence-corrected chi connectivity index (χ3v) is 3.59. The number of aliphatic carboxylic acids is 1. The lowest BCUT2D eigenvalue weighted by Gasteiger charge is -2.32. The molecule has 1 aliphatic rings. The van der Waals surface area contributed by atoms with Gasteiger partial charge in [0, 0.05) is 13.0 Å². The number of amides is 1. The molecular weight excluding hydrogens is 254 g/mol. The Labute approximate surface area is 109 Å². The molecule has 1 aliphatic heterocycles. The number of hydrogen-bond donors (Lipinski definition) is 1. The smallest absolute Gasteiger partial charge is 0.303 e. The summed E-state index contributed by atoms with van der Waals surface area (Å²) in [7, 11) is 0. The van der Waals surface area contributed by atoms with Gasteiger partial charge in [0.25, 0.3) is 0 Å². The molecule has 0 saturated carbocycles. The molecule has 1 fully saturated rings.